The number of benzene rings is 2. The predicted octanol–water partition coefficient (Wildman–Crippen LogP) is 4.40. The van der Waals surface area contributed by atoms with Crippen molar-refractivity contribution in [1.29, 1.82) is 0 Å². The van der Waals surface area contributed by atoms with Crippen molar-refractivity contribution < 1.29 is 18.0 Å². The number of hydrogen-bond acceptors (Lipinski definition) is 4. The summed E-state index contributed by atoms with van der Waals surface area (Å²) in [5.74, 6) is -0.416. The molecule has 0 saturated heterocycles. The van der Waals surface area contributed by atoms with E-state index in [0.29, 0.717) is 16.2 Å². The molecule has 176 valence electrons. The highest BCUT2D eigenvalue weighted by atomic mass is 35.5. The van der Waals surface area contributed by atoms with E-state index in [-0.39, 0.29) is 35.6 Å². The first-order chi connectivity index (χ1) is 16.1. The zero-order chi connectivity index (χ0) is 24.5. The normalized spacial score (nSPS) is 11.7. The van der Waals surface area contributed by atoms with Gasteiger partial charge in [-0.3, -0.25) is 14.2 Å². The zero-order valence-electron chi connectivity index (χ0n) is 17.3. The summed E-state index contributed by atoms with van der Waals surface area (Å²) in [5, 5.41) is 7.68. The highest BCUT2D eigenvalue weighted by molar-refractivity contribution is 6.35. The van der Waals surface area contributed by atoms with Crippen molar-refractivity contribution in [1.82, 2.24) is 24.6 Å². The number of rotatable bonds is 6. The van der Waals surface area contributed by atoms with Gasteiger partial charge in [0.2, 0.25) is 0 Å². The lowest BCUT2D eigenvalue weighted by molar-refractivity contribution is -0.137. The maximum atomic E-state index is 13.0. The number of aromatic nitrogens is 4. The Kier molecular flexibility index (Phi) is 6.63. The van der Waals surface area contributed by atoms with Crippen molar-refractivity contribution in [3.8, 4) is 0 Å². The largest absolute Gasteiger partial charge is 0.416 e. The Morgan fingerprint density at radius 3 is 2.68 bits per heavy atom. The molecule has 1 amide bonds. The van der Waals surface area contributed by atoms with Crippen LogP contribution in [0.5, 0.6) is 0 Å². The molecule has 0 aliphatic rings. The average molecular weight is 510 g/mol. The van der Waals surface area contributed by atoms with Crippen LogP contribution in [0.25, 0.3) is 11.0 Å². The molecule has 0 unspecified atom stereocenters. The van der Waals surface area contributed by atoms with E-state index in [1.807, 2.05) is 0 Å². The molecule has 7 nitrogen and oxygen atoms in total. The van der Waals surface area contributed by atoms with Gasteiger partial charge < -0.3 is 5.32 Å². The van der Waals surface area contributed by atoms with Gasteiger partial charge in [0, 0.05) is 11.6 Å². The third-order valence-electron chi connectivity index (χ3n) is 5.01. The van der Waals surface area contributed by atoms with Crippen LogP contribution in [-0.4, -0.2) is 31.8 Å². The number of nitrogens with zero attached hydrogens (tertiary/aromatic N) is 4. The Bertz CT molecular complexity index is 1430. The summed E-state index contributed by atoms with van der Waals surface area (Å²) in [5.41, 5.74) is -0.396. The van der Waals surface area contributed by atoms with Gasteiger partial charge in [-0.05, 0) is 35.9 Å². The summed E-state index contributed by atoms with van der Waals surface area (Å²) in [6.45, 7) is 0.318. The molecule has 0 fully saturated rings. The molecule has 34 heavy (non-hydrogen) atoms. The molecule has 2 heterocycles. The van der Waals surface area contributed by atoms with E-state index in [4.69, 9.17) is 23.2 Å². The molecule has 2 aromatic carbocycles. The van der Waals surface area contributed by atoms with Crippen molar-refractivity contribution >= 4 is 40.1 Å². The number of alkyl halides is 3. The van der Waals surface area contributed by atoms with Gasteiger partial charge in [0.25, 0.3) is 11.5 Å². The quantitative estimate of drug-likeness (QED) is 0.417. The molecule has 12 heteroatoms. The maximum absolute atomic E-state index is 13.0. The molecule has 0 aliphatic carbocycles. The van der Waals surface area contributed by atoms with Crippen LogP contribution < -0.4 is 10.9 Å². The highest BCUT2D eigenvalue weighted by Crippen LogP contribution is 2.29. The van der Waals surface area contributed by atoms with E-state index in [2.05, 4.69) is 15.4 Å². The van der Waals surface area contributed by atoms with Crippen LogP contribution >= 0.6 is 23.2 Å². The van der Waals surface area contributed by atoms with Crippen molar-refractivity contribution in [3.63, 3.8) is 0 Å². The molecule has 4 aromatic rings. The number of hydrogen-bond donors (Lipinski definition) is 1. The molecule has 4 rings (SSSR count). The fourth-order valence-electron chi connectivity index (χ4n) is 3.36. The molecule has 0 spiro atoms. The van der Waals surface area contributed by atoms with Crippen LogP contribution in [0.3, 0.4) is 0 Å². The first kappa shape index (κ1) is 23.8. The van der Waals surface area contributed by atoms with E-state index in [1.54, 1.807) is 6.07 Å². The molecular formula is C22H16Cl2F3N5O2. The molecular weight excluding hydrogens is 494 g/mol. The lowest BCUT2D eigenvalue weighted by Gasteiger charge is -2.10. The minimum absolute atomic E-state index is 0.0761. The first-order valence-corrected chi connectivity index (χ1v) is 10.7. The fraction of sp³-hybridized carbons (Fsp3) is 0.182. The van der Waals surface area contributed by atoms with Gasteiger partial charge in [-0.2, -0.15) is 18.3 Å². The second kappa shape index (κ2) is 9.47. The summed E-state index contributed by atoms with van der Waals surface area (Å²) in [7, 11) is 0. The third-order valence-corrected chi connectivity index (χ3v) is 5.58. The summed E-state index contributed by atoms with van der Waals surface area (Å²) >= 11 is 11.9. The van der Waals surface area contributed by atoms with Gasteiger partial charge in [-0.1, -0.05) is 35.3 Å². The van der Waals surface area contributed by atoms with Crippen LogP contribution in [0.2, 0.25) is 10.0 Å². The molecule has 0 aliphatic heterocycles. The van der Waals surface area contributed by atoms with Crippen molar-refractivity contribution in [3.05, 3.63) is 92.1 Å². The summed E-state index contributed by atoms with van der Waals surface area (Å²) in [4.78, 5) is 29.4. The average Bonchev–Trinajstić information content (AvgIpc) is 3.20. The standard InChI is InChI=1S/C22H16Cl2F3N5O2/c23-15-4-5-18(24)16(9-15)20(33)28-6-7-32-19-17(10-30-32)21(34)31(12-29-19)11-13-2-1-3-14(8-13)22(25,26)27/h1-5,8-10,12H,6-7,11H2,(H,28,33). The van der Waals surface area contributed by atoms with Crippen LogP contribution in [0.15, 0.2) is 59.8 Å². The molecule has 0 saturated carbocycles. The SMILES string of the molecule is O=C(NCCn1ncc2c(=O)n(Cc3cccc(C(F)(F)F)c3)cnc21)c1cc(Cl)ccc1Cl. The Balaban J connectivity index is 1.47. The van der Waals surface area contributed by atoms with E-state index in [1.165, 1.54) is 46.0 Å². The van der Waals surface area contributed by atoms with E-state index in [0.717, 1.165) is 12.1 Å². The van der Waals surface area contributed by atoms with E-state index in [9.17, 15) is 22.8 Å². The van der Waals surface area contributed by atoms with Gasteiger partial charge in [-0.15, -0.1) is 0 Å². The molecule has 0 bridgehead atoms. The Morgan fingerprint density at radius 2 is 1.91 bits per heavy atom. The number of nitrogens with one attached hydrogen (secondary N) is 1. The minimum Gasteiger partial charge on any atom is -0.350 e. The topological polar surface area (TPSA) is 81.8 Å². The Hall–Kier alpha value is -3.37. The zero-order valence-corrected chi connectivity index (χ0v) is 18.8. The smallest absolute Gasteiger partial charge is 0.350 e. The highest BCUT2D eigenvalue weighted by Gasteiger charge is 2.30. The van der Waals surface area contributed by atoms with Crippen molar-refractivity contribution in [2.45, 2.75) is 19.3 Å². The second-order valence-corrected chi connectivity index (χ2v) is 8.20. The van der Waals surface area contributed by atoms with Gasteiger partial charge in [0.1, 0.15) is 11.7 Å². The summed E-state index contributed by atoms with van der Waals surface area (Å²) in [6.07, 6.45) is -1.88. The van der Waals surface area contributed by atoms with Crippen molar-refractivity contribution in [2.75, 3.05) is 6.54 Å². The first-order valence-electron chi connectivity index (χ1n) is 9.94. The Morgan fingerprint density at radius 1 is 1.12 bits per heavy atom. The molecule has 2 aromatic heterocycles. The molecule has 0 radical (unpaired) electrons. The monoisotopic (exact) mass is 509 g/mol. The van der Waals surface area contributed by atoms with Gasteiger partial charge in [0.05, 0.1) is 35.4 Å². The maximum Gasteiger partial charge on any atom is 0.416 e. The van der Waals surface area contributed by atoms with Crippen molar-refractivity contribution in [2.24, 2.45) is 0 Å². The summed E-state index contributed by atoms with van der Waals surface area (Å²) < 4.78 is 41.5. The number of carbonyl (C=O) groups is 1. The number of carbonyl (C=O) groups excluding carboxylic acids is 1. The number of amides is 1. The lowest BCUT2D eigenvalue weighted by atomic mass is 10.1. The van der Waals surface area contributed by atoms with Crippen LogP contribution in [0.1, 0.15) is 21.5 Å². The van der Waals surface area contributed by atoms with Gasteiger partial charge in [0.15, 0.2) is 5.65 Å². The number of fused-ring (bicyclic) bond motifs is 1. The summed E-state index contributed by atoms with van der Waals surface area (Å²) in [6, 6.07) is 9.31. The van der Waals surface area contributed by atoms with Gasteiger partial charge >= 0.3 is 6.18 Å². The van der Waals surface area contributed by atoms with Crippen LogP contribution in [0.4, 0.5) is 13.2 Å². The van der Waals surface area contributed by atoms with E-state index >= 15 is 0 Å². The fourth-order valence-corrected chi connectivity index (χ4v) is 3.73. The second-order valence-electron chi connectivity index (χ2n) is 7.36. The molecule has 1 N–H and O–H groups in total. The van der Waals surface area contributed by atoms with E-state index < -0.39 is 23.2 Å². The van der Waals surface area contributed by atoms with Gasteiger partial charge in [-0.25, -0.2) is 9.67 Å². The molecule has 0 atom stereocenters. The lowest BCUT2D eigenvalue weighted by Crippen LogP contribution is -2.28. The van der Waals surface area contributed by atoms with Crippen LogP contribution in [-0.2, 0) is 19.3 Å². The predicted molar refractivity (Wildman–Crippen MR) is 121 cm³/mol. The van der Waals surface area contributed by atoms with Crippen LogP contribution in [0, 0.1) is 0 Å². The third kappa shape index (κ3) is 5.07. The minimum atomic E-state index is -4.47. The number of halogens is 5. The Labute approximate surface area is 200 Å².